The van der Waals surface area contributed by atoms with Gasteiger partial charge >= 0.3 is 0 Å². The third-order valence-corrected chi connectivity index (χ3v) is 5.54. The van der Waals surface area contributed by atoms with Gasteiger partial charge in [0.15, 0.2) is 5.82 Å². The summed E-state index contributed by atoms with van der Waals surface area (Å²) in [7, 11) is 0. The van der Waals surface area contributed by atoms with E-state index in [4.69, 9.17) is 5.26 Å². The van der Waals surface area contributed by atoms with Gasteiger partial charge in [-0.2, -0.15) is 5.10 Å². The predicted molar refractivity (Wildman–Crippen MR) is 96.5 cm³/mol. The zero-order chi connectivity index (χ0) is 17.6. The van der Waals surface area contributed by atoms with Crippen molar-refractivity contribution in [2.24, 2.45) is 5.41 Å². The molecule has 5 nitrogen and oxygen atoms in total. The second kappa shape index (κ2) is 5.66. The molecular formula is C20H21N5. The third-order valence-electron chi connectivity index (χ3n) is 5.54. The minimum absolute atomic E-state index is 0.680. The fourth-order valence-electron chi connectivity index (χ4n) is 3.87. The first-order valence-electron chi connectivity index (χ1n) is 8.77. The van der Waals surface area contributed by atoms with Crippen molar-refractivity contribution in [1.82, 2.24) is 19.7 Å². The molecule has 126 valence electrons. The number of rotatable bonds is 3. The Morgan fingerprint density at radius 3 is 2.72 bits per heavy atom. The van der Waals surface area contributed by atoms with E-state index in [0.29, 0.717) is 5.41 Å². The van der Waals surface area contributed by atoms with E-state index in [-0.39, 0.29) is 0 Å². The van der Waals surface area contributed by atoms with Gasteiger partial charge in [-0.25, -0.2) is 19.9 Å². The van der Waals surface area contributed by atoms with E-state index in [1.807, 2.05) is 23.9 Å². The smallest absolute Gasteiger partial charge is 0.157 e. The van der Waals surface area contributed by atoms with E-state index < -0.39 is 0 Å². The topological polar surface area (TPSA) is 67.4 Å². The monoisotopic (exact) mass is 331 g/mol. The van der Waals surface area contributed by atoms with Crippen LogP contribution in [0.15, 0.2) is 30.5 Å². The van der Waals surface area contributed by atoms with Crippen molar-refractivity contribution >= 4 is 10.9 Å². The largest absolute Gasteiger partial charge is 0.238 e. The molecular weight excluding hydrogens is 310 g/mol. The zero-order valence-corrected chi connectivity index (χ0v) is 14.6. The van der Waals surface area contributed by atoms with Crippen LogP contribution in [0.2, 0.25) is 0 Å². The number of fused-ring (bicyclic) bond motifs is 1. The summed E-state index contributed by atoms with van der Waals surface area (Å²) in [6, 6.07) is 8.86. The maximum atomic E-state index is 6.50. The number of nitrogens with zero attached hydrogens (tertiary/aromatic N) is 5. The fraction of sp³-hybridized carbons (Fsp3) is 0.400. The van der Waals surface area contributed by atoms with Crippen LogP contribution in [0.25, 0.3) is 16.7 Å². The maximum Gasteiger partial charge on any atom is 0.157 e. The average molecular weight is 331 g/mol. The van der Waals surface area contributed by atoms with Crippen LogP contribution in [-0.4, -0.2) is 19.7 Å². The van der Waals surface area contributed by atoms with Crippen molar-refractivity contribution in [3.8, 4) is 12.4 Å². The molecule has 2 aliphatic carbocycles. The molecule has 5 heteroatoms. The van der Waals surface area contributed by atoms with Gasteiger partial charge in [0.25, 0.3) is 0 Å². The molecule has 0 amide bonds. The van der Waals surface area contributed by atoms with Crippen molar-refractivity contribution in [3.05, 3.63) is 47.5 Å². The molecule has 25 heavy (non-hydrogen) atoms. The Kier molecular flexibility index (Phi) is 3.57. The van der Waals surface area contributed by atoms with E-state index in [1.165, 1.54) is 30.2 Å². The lowest BCUT2D eigenvalue weighted by molar-refractivity contribution is 0.829. The molecule has 5 rings (SSSR count). The summed E-state index contributed by atoms with van der Waals surface area (Å²) in [5.41, 5.74) is 4.37. The van der Waals surface area contributed by atoms with Crippen LogP contribution in [0.1, 0.15) is 49.2 Å². The van der Waals surface area contributed by atoms with Crippen LogP contribution in [0, 0.1) is 24.2 Å². The molecule has 1 atom stereocenters. The number of nitriles is 1. The number of hydrogen-bond donors (Lipinski definition) is 0. The van der Waals surface area contributed by atoms with Crippen LogP contribution in [0.4, 0.5) is 0 Å². The second-order valence-electron chi connectivity index (χ2n) is 7.11. The molecule has 0 radical (unpaired) electrons. The van der Waals surface area contributed by atoms with E-state index in [1.54, 1.807) is 0 Å². The van der Waals surface area contributed by atoms with Gasteiger partial charge in [-0.1, -0.05) is 19.1 Å². The standard InChI is InChI=1S/C19H20N4.CHN/c1-3-15-9-18(22-12(2)21-15)23-17-8-13(4-5-14(17)11-20-23)16-10-19(16)6-7-19;1-2/h4-5,8-9,11,16H,3,6-7,10H2,1-2H3;1H/t16-;/m0./s1. The van der Waals surface area contributed by atoms with Crippen LogP contribution in [0.3, 0.4) is 0 Å². The third kappa shape index (κ3) is 2.58. The number of aryl methyl sites for hydroxylation is 2. The zero-order valence-electron chi connectivity index (χ0n) is 14.6. The number of aromatic nitrogens is 4. The van der Waals surface area contributed by atoms with Gasteiger partial charge in [0.1, 0.15) is 5.82 Å². The summed E-state index contributed by atoms with van der Waals surface area (Å²) in [4.78, 5) is 9.07. The summed E-state index contributed by atoms with van der Waals surface area (Å²) >= 11 is 0. The van der Waals surface area contributed by atoms with Crippen LogP contribution in [0.5, 0.6) is 0 Å². The lowest BCUT2D eigenvalue weighted by Gasteiger charge is -2.07. The Labute approximate surface area is 147 Å². The Balaban J connectivity index is 0.000000758. The van der Waals surface area contributed by atoms with Crippen molar-refractivity contribution in [3.63, 3.8) is 0 Å². The molecule has 2 saturated carbocycles. The van der Waals surface area contributed by atoms with Crippen molar-refractivity contribution < 1.29 is 0 Å². The Morgan fingerprint density at radius 1 is 1.24 bits per heavy atom. The van der Waals surface area contributed by atoms with Crippen molar-refractivity contribution in [1.29, 1.82) is 5.26 Å². The van der Waals surface area contributed by atoms with Crippen LogP contribution < -0.4 is 0 Å². The molecule has 2 fully saturated rings. The van der Waals surface area contributed by atoms with Gasteiger partial charge in [0, 0.05) is 23.7 Å². The average Bonchev–Trinajstić information content (AvgIpc) is 3.54. The van der Waals surface area contributed by atoms with E-state index in [9.17, 15) is 0 Å². The van der Waals surface area contributed by atoms with Gasteiger partial charge in [-0.05, 0) is 55.6 Å². The Hall–Kier alpha value is -2.74. The molecule has 0 N–H and O–H groups in total. The minimum atomic E-state index is 0.680. The highest BCUT2D eigenvalue weighted by Gasteiger charge is 2.62. The first-order valence-corrected chi connectivity index (χ1v) is 8.77. The van der Waals surface area contributed by atoms with Crippen molar-refractivity contribution in [2.75, 3.05) is 0 Å². The van der Waals surface area contributed by atoms with E-state index >= 15 is 0 Å². The summed E-state index contributed by atoms with van der Waals surface area (Å²) in [5, 5.41) is 12.3. The molecule has 0 unspecified atom stereocenters. The van der Waals surface area contributed by atoms with E-state index in [0.717, 1.165) is 35.2 Å². The molecule has 2 heterocycles. The summed E-state index contributed by atoms with van der Waals surface area (Å²) in [6.07, 6.45) is 7.05. The lowest BCUT2D eigenvalue weighted by atomic mass is 10.1. The van der Waals surface area contributed by atoms with Gasteiger partial charge in [0.05, 0.1) is 11.7 Å². The quantitative estimate of drug-likeness (QED) is 0.725. The number of benzene rings is 1. The lowest BCUT2D eigenvalue weighted by Crippen LogP contribution is -2.04. The SMILES string of the molecule is C#N.CCc1cc(-n2ncc3ccc([C@@H]4CC45CC5)cc32)nc(C)n1. The fourth-order valence-corrected chi connectivity index (χ4v) is 3.87. The van der Waals surface area contributed by atoms with E-state index in [2.05, 4.69) is 46.8 Å². The summed E-state index contributed by atoms with van der Waals surface area (Å²) in [5.74, 6) is 2.45. The van der Waals surface area contributed by atoms with Crippen LogP contribution in [-0.2, 0) is 6.42 Å². The molecule has 2 aromatic heterocycles. The van der Waals surface area contributed by atoms with Gasteiger partial charge < -0.3 is 0 Å². The molecule has 0 bridgehead atoms. The van der Waals surface area contributed by atoms with Gasteiger partial charge in [-0.3, -0.25) is 0 Å². The Morgan fingerprint density at radius 2 is 2.04 bits per heavy atom. The minimum Gasteiger partial charge on any atom is -0.238 e. The molecule has 2 aliphatic rings. The highest BCUT2D eigenvalue weighted by atomic mass is 15.3. The summed E-state index contributed by atoms with van der Waals surface area (Å²) in [6.45, 7) is 7.56. The first kappa shape index (κ1) is 15.8. The first-order chi connectivity index (χ1) is 12.2. The summed E-state index contributed by atoms with van der Waals surface area (Å²) < 4.78 is 1.97. The van der Waals surface area contributed by atoms with Crippen LogP contribution >= 0.6 is 0 Å². The molecule has 3 aromatic rings. The molecule has 0 saturated heterocycles. The highest BCUT2D eigenvalue weighted by Crippen LogP contribution is 2.75. The Bertz CT molecular complexity index is 965. The number of hydrogen-bond acceptors (Lipinski definition) is 4. The predicted octanol–water partition coefficient (Wildman–Crippen LogP) is 4.09. The maximum absolute atomic E-state index is 6.50. The highest BCUT2D eigenvalue weighted by molar-refractivity contribution is 5.81. The molecule has 1 aromatic carbocycles. The van der Waals surface area contributed by atoms with Crippen molar-refractivity contribution in [2.45, 2.75) is 45.4 Å². The van der Waals surface area contributed by atoms with Gasteiger partial charge in [-0.15, -0.1) is 0 Å². The normalized spacial score (nSPS) is 19.4. The molecule has 0 aliphatic heterocycles. The van der Waals surface area contributed by atoms with Gasteiger partial charge in [0.2, 0.25) is 0 Å². The molecule has 1 spiro atoms. The second-order valence-corrected chi connectivity index (χ2v) is 7.11.